The van der Waals surface area contributed by atoms with Gasteiger partial charge in [0.25, 0.3) is 0 Å². The summed E-state index contributed by atoms with van der Waals surface area (Å²) in [5.74, 6) is 0. The van der Waals surface area contributed by atoms with Crippen LogP contribution in [0.4, 0.5) is 0 Å². The van der Waals surface area contributed by atoms with Gasteiger partial charge in [-0.05, 0) is 72.8 Å². The summed E-state index contributed by atoms with van der Waals surface area (Å²) in [5.41, 5.74) is 3.82. The maximum Gasteiger partial charge on any atom is 0.125 e. The molecule has 0 saturated heterocycles. The molecule has 2 aliphatic heterocycles. The highest BCUT2D eigenvalue weighted by Gasteiger charge is 2.22. The lowest BCUT2D eigenvalue weighted by atomic mass is 10.1. The smallest absolute Gasteiger partial charge is 0.125 e. The Bertz CT molecular complexity index is 3210. The number of thiophene rings is 4. The van der Waals surface area contributed by atoms with Crippen LogP contribution in [0, 0.1) is 0 Å². The van der Waals surface area contributed by atoms with E-state index in [0.717, 1.165) is 45.3 Å². The lowest BCUT2D eigenvalue weighted by molar-refractivity contribution is 0.461. The highest BCUT2D eigenvalue weighted by molar-refractivity contribution is 7.86. The van der Waals surface area contributed by atoms with E-state index in [1.54, 1.807) is 48.6 Å². The van der Waals surface area contributed by atoms with E-state index < -0.39 is 60.1 Å². The Kier molecular flexibility index (Phi) is 9.65. The lowest BCUT2D eigenvalue weighted by Crippen LogP contribution is -1.95. The van der Waals surface area contributed by atoms with Crippen molar-refractivity contribution in [2.75, 3.05) is 0 Å². The molecule has 0 saturated carbocycles. The minimum Gasteiger partial charge on any atom is -0.744 e. The van der Waals surface area contributed by atoms with Crippen molar-refractivity contribution in [3.63, 3.8) is 0 Å². The van der Waals surface area contributed by atoms with Gasteiger partial charge >= 0.3 is 0 Å². The SMILES string of the molecule is O=S(=O)([O-])c1csc(-c2c3nc(c(-c4cc(S(=O)(=O)[O-])cs4)c4ccc([nH]4)c(-c4cc(S(=O)(=O)[O-])cs4)c4nc(c(-c5cc(S(=O)(=O)[O-])cs5)c5ccc2[nH]5)C=C4)C=C3)c1. The van der Waals surface area contributed by atoms with Crippen LogP contribution in [0.5, 0.6) is 0 Å². The van der Waals surface area contributed by atoms with Crippen molar-refractivity contribution in [1.29, 1.82) is 0 Å². The lowest BCUT2D eigenvalue weighted by Gasteiger charge is -2.05. The molecule has 60 heavy (non-hydrogen) atoms. The third-order valence-electron chi connectivity index (χ3n) is 9.20. The van der Waals surface area contributed by atoms with Crippen LogP contribution in [0.25, 0.3) is 88.1 Å². The zero-order valence-corrected chi connectivity index (χ0v) is 35.8. The summed E-state index contributed by atoms with van der Waals surface area (Å²) in [6.45, 7) is 0. The van der Waals surface area contributed by atoms with Crippen LogP contribution in [0.2, 0.25) is 0 Å². The highest BCUT2D eigenvalue weighted by atomic mass is 32.2. The Morgan fingerprint density at radius 2 is 0.600 bits per heavy atom. The molecule has 2 N–H and O–H groups in total. The van der Waals surface area contributed by atoms with Crippen LogP contribution < -0.4 is 0 Å². The predicted octanol–water partition coefficient (Wildman–Crippen LogP) is 7.19. The molecule has 8 bridgehead atoms. The van der Waals surface area contributed by atoms with Gasteiger partial charge in [-0.25, -0.2) is 43.6 Å². The number of nitrogens with zero attached hydrogens (tertiary/aromatic N) is 2. The average Bonchev–Trinajstić information content (AvgIpc) is 3.98. The Morgan fingerprint density at radius 1 is 0.383 bits per heavy atom. The summed E-state index contributed by atoms with van der Waals surface area (Å²) in [6.07, 6.45) is 6.46. The molecule has 7 aromatic heterocycles. The normalized spacial score (nSPS) is 13.4. The molecule has 0 aromatic carbocycles. The van der Waals surface area contributed by atoms with Gasteiger partial charge in [0.05, 0.1) is 42.4 Å². The molecular weight excluding hydrogens is 937 g/mol. The van der Waals surface area contributed by atoms with Crippen LogP contribution in [0.15, 0.2) is 89.6 Å². The third-order valence-corrected chi connectivity index (χ3v) is 16.8. The number of hydrogen-bond acceptors (Lipinski definition) is 18. The molecule has 9 rings (SSSR count). The summed E-state index contributed by atoms with van der Waals surface area (Å²) >= 11 is 3.82. The molecule has 0 atom stereocenters. The largest absolute Gasteiger partial charge is 0.744 e. The molecule has 0 amide bonds. The van der Waals surface area contributed by atoms with Crippen molar-refractivity contribution in [3.05, 3.63) is 92.8 Å². The first-order chi connectivity index (χ1) is 28.2. The second-order valence-corrected chi connectivity index (χ2v) is 22.1. The van der Waals surface area contributed by atoms with Crippen molar-refractivity contribution in [1.82, 2.24) is 19.9 Å². The predicted molar refractivity (Wildman–Crippen MR) is 224 cm³/mol. The first-order valence-corrected chi connectivity index (χ1v) is 25.7. The van der Waals surface area contributed by atoms with Crippen molar-refractivity contribution < 1.29 is 51.9 Å². The minimum atomic E-state index is -4.87. The summed E-state index contributed by atoms with van der Waals surface area (Å²) < 4.78 is 145. The molecular formula is C36H18N4O12S8-4. The van der Waals surface area contributed by atoms with Gasteiger partial charge in [-0.1, -0.05) is 0 Å². The number of nitrogens with one attached hydrogen (secondary N) is 2. The Hall–Kier alpha value is -4.96. The fourth-order valence-corrected chi connectivity index (χ4v) is 13.7. The molecule has 0 radical (unpaired) electrons. The number of rotatable bonds is 8. The third kappa shape index (κ3) is 7.43. The van der Waals surface area contributed by atoms with E-state index in [-0.39, 0.29) is 22.8 Å². The fraction of sp³-hybridized carbons (Fsp3) is 0. The Balaban J connectivity index is 1.46. The summed E-state index contributed by atoms with van der Waals surface area (Å²) in [5, 5.41) is 4.75. The highest BCUT2D eigenvalue weighted by Crippen LogP contribution is 2.43. The number of aromatic amines is 2. The van der Waals surface area contributed by atoms with Crippen LogP contribution in [-0.2, 0) is 40.5 Å². The van der Waals surface area contributed by atoms with Gasteiger partial charge in [0, 0.05) is 85.3 Å². The van der Waals surface area contributed by atoms with E-state index in [0.29, 0.717) is 63.8 Å². The van der Waals surface area contributed by atoms with Gasteiger partial charge in [0.15, 0.2) is 0 Å². The fourth-order valence-electron chi connectivity index (χ4n) is 6.57. The summed E-state index contributed by atoms with van der Waals surface area (Å²) in [7, 11) is -19.5. The molecule has 9 heterocycles. The van der Waals surface area contributed by atoms with Gasteiger partial charge in [-0.2, -0.15) is 0 Å². The molecule has 2 aliphatic rings. The maximum atomic E-state index is 12.1. The van der Waals surface area contributed by atoms with Crippen molar-refractivity contribution in [2.45, 2.75) is 19.6 Å². The van der Waals surface area contributed by atoms with Crippen molar-refractivity contribution in [3.8, 4) is 41.8 Å². The molecule has 0 unspecified atom stereocenters. The monoisotopic (exact) mass is 954 g/mol. The number of H-pyrrole nitrogens is 2. The van der Waals surface area contributed by atoms with E-state index in [1.165, 1.54) is 45.8 Å². The molecule has 0 spiro atoms. The average molecular weight is 955 g/mol. The maximum absolute atomic E-state index is 12.1. The Morgan fingerprint density at radius 3 is 0.783 bits per heavy atom. The molecule has 7 aromatic rings. The number of aromatic nitrogens is 4. The van der Waals surface area contributed by atoms with Gasteiger partial charge in [-0.3, -0.25) is 0 Å². The minimum absolute atomic E-state index is 0.267. The molecule has 16 nitrogen and oxygen atoms in total. The van der Waals surface area contributed by atoms with E-state index in [4.69, 9.17) is 9.97 Å². The quantitative estimate of drug-likeness (QED) is 0.143. The van der Waals surface area contributed by atoms with Crippen molar-refractivity contribution >= 4 is 132 Å². The van der Waals surface area contributed by atoms with E-state index in [1.807, 2.05) is 0 Å². The molecule has 306 valence electrons. The molecule has 24 heteroatoms. The summed E-state index contributed by atoms with van der Waals surface area (Å²) in [6, 6.07) is 11.4. The van der Waals surface area contributed by atoms with Crippen LogP contribution >= 0.6 is 45.3 Å². The van der Waals surface area contributed by atoms with E-state index in [9.17, 15) is 51.9 Å². The van der Waals surface area contributed by atoms with Gasteiger partial charge in [0.1, 0.15) is 40.5 Å². The van der Waals surface area contributed by atoms with Crippen LogP contribution in [-0.4, -0.2) is 71.8 Å². The van der Waals surface area contributed by atoms with Crippen molar-refractivity contribution in [2.24, 2.45) is 0 Å². The van der Waals surface area contributed by atoms with E-state index in [2.05, 4.69) is 9.97 Å². The Labute approximate surface area is 355 Å². The topological polar surface area (TPSA) is 286 Å². The van der Waals surface area contributed by atoms with Gasteiger partial charge < -0.3 is 28.2 Å². The number of hydrogen-bond donors (Lipinski definition) is 2. The van der Waals surface area contributed by atoms with Crippen LogP contribution in [0.3, 0.4) is 0 Å². The second kappa shape index (κ2) is 14.3. The molecule has 0 aliphatic carbocycles. The zero-order valence-electron chi connectivity index (χ0n) is 29.3. The first-order valence-electron chi connectivity index (χ1n) is 16.6. The van der Waals surface area contributed by atoms with Gasteiger partial charge in [0.2, 0.25) is 0 Å². The first kappa shape index (κ1) is 40.4. The number of fused-ring (bicyclic) bond motifs is 8. The summed E-state index contributed by atoms with van der Waals surface area (Å²) in [4.78, 5) is 15.7. The van der Waals surface area contributed by atoms with E-state index >= 15 is 0 Å². The van der Waals surface area contributed by atoms with Crippen LogP contribution in [0.1, 0.15) is 22.8 Å². The zero-order chi connectivity index (χ0) is 42.5. The van der Waals surface area contributed by atoms with Gasteiger partial charge in [-0.15, -0.1) is 45.3 Å². The standard InChI is InChI=1S/C36H22N4O12S8/c41-57(42,43)17-9-29(53-13-17)33-21-1-2-22(37-21)34(30-10-18(14-54-30)58(44,45)46)24-5-6-26(39-24)36(32-12-20(16-56-32)60(50,51)52)28-8-7-27(40-28)35(25-4-3-23(33)38-25)31-11-19(15-55-31)59(47,48)49/h1-16,37,40H,(H,41,42,43)(H,44,45,46)(H,47,48,49)(H,50,51,52)/p-4. The molecule has 0 fully saturated rings. The second-order valence-electron chi connectivity index (χ2n) is 12.9.